The predicted octanol–water partition coefficient (Wildman–Crippen LogP) is -3.71. The summed E-state index contributed by atoms with van der Waals surface area (Å²) >= 11 is 0. The first-order valence-corrected chi connectivity index (χ1v) is 12.8. The van der Waals surface area contributed by atoms with Gasteiger partial charge in [-0.25, -0.2) is 59.9 Å². The lowest BCUT2D eigenvalue weighted by Gasteiger charge is -2.07. The van der Waals surface area contributed by atoms with E-state index < -0.39 is 0 Å². The molecule has 0 aliphatic carbocycles. The Morgan fingerprint density at radius 2 is 0.688 bits per heavy atom. The molecular formula is C27H3N21. The normalized spacial score (nSPS) is 12.5. The van der Waals surface area contributed by atoms with Gasteiger partial charge in [-0.05, 0) is 0 Å². The Kier molecular flexibility index (Phi) is 6.44. The van der Waals surface area contributed by atoms with E-state index in [1.165, 1.54) is 18.6 Å². The van der Waals surface area contributed by atoms with Crippen LogP contribution in [-0.4, -0.2) is 44.9 Å². The summed E-state index contributed by atoms with van der Waals surface area (Å²) in [7, 11) is 0. The third kappa shape index (κ3) is 4.67. The summed E-state index contributed by atoms with van der Waals surface area (Å²) in [6.07, 6.45) is 3.74. The largest absolute Gasteiger partial charge is 0.234 e. The van der Waals surface area contributed by atoms with Crippen LogP contribution in [0.25, 0.3) is 16.7 Å². The molecule has 7 rings (SSSR count). The highest BCUT2D eigenvalue weighted by Crippen LogP contribution is 2.25. The van der Waals surface area contributed by atoms with Gasteiger partial charge in [0.2, 0.25) is 17.5 Å². The lowest BCUT2D eigenvalue weighted by atomic mass is 10.2. The molecule has 0 N–H and O–H groups in total. The number of nitriles is 6. The summed E-state index contributed by atoms with van der Waals surface area (Å²) in [6, 6.07) is 11.1. The van der Waals surface area contributed by atoms with Crippen molar-refractivity contribution in [3.8, 4) is 36.4 Å². The van der Waals surface area contributed by atoms with Crippen molar-refractivity contribution in [1.82, 2.24) is 44.9 Å². The van der Waals surface area contributed by atoms with Crippen LogP contribution in [0.4, 0.5) is 0 Å². The molecule has 3 aliphatic heterocycles. The van der Waals surface area contributed by atoms with E-state index in [4.69, 9.17) is 15.8 Å². The van der Waals surface area contributed by atoms with Gasteiger partial charge in [-0.3, -0.25) is 0 Å². The fourth-order valence-corrected chi connectivity index (χ4v) is 4.11. The number of rotatable bonds is 3. The molecule has 7 heterocycles. The van der Waals surface area contributed by atoms with Gasteiger partial charge < -0.3 is 0 Å². The Morgan fingerprint density at radius 1 is 0.396 bits per heavy atom. The Labute approximate surface area is 263 Å². The van der Waals surface area contributed by atoms with E-state index in [2.05, 4.69) is 74.8 Å². The number of hydrogen-bond acceptors (Lipinski definition) is 21. The monoisotopic (exact) mass is 621 g/mol. The molecule has 0 atom stereocenters. The summed E-state index contributed by atoms with van der Waals surface area (Å²) < 4.78 is 0. The van der Waals surface area contributed by atoms with Crippen LogP contribution in [0.15, 0.2) is 66.0 Å². The van der Waals surface area contributed by atoms with Gasteiger partial charge in [0.1, 0.15) is 69.2 Å². The molecule has 0 unspecified atom stereocenters. The zero-order chi connectivity index (χ0) is 33.4. The van der Waals surface area contributed by atoms with Crippen molar-refractivity contribution in [3.63, 3.8) is 0 Å². The number of nitrogens with zero attached hydrogens (tertiary/aromatic N) is 21. The van der Waals surface area contributed by atoms with E-state index >= 15 is 0 Å². The molecule has 0 amide bonds. The van der Waals surface area contributed by atoms with Gasteiger partial charge in [-0.2, -0.15) is 46.5 Å². The standard InChI is InChI=1S/C27H3N21/c28-1-10(19-37-13-7-34-16(4-31)40-25(13)46-19)22-43-23(11(2-29)20-38-14-8-35-17(5-32)41-26(14)47-20)45-24(44-22)12(3-30)21-39-15-9-36-18(6-33)42-27(15)48-21/h7-9H. The van der Waals surface area contributed by atoms with Crippen molar-refractivity contribution < 1.29 is 0 Å². The lowest BCUT2D eigenvalue weighted by molar-refractivity contribution is 0.958. The van der Waals surface area contributed by atoms with Gasteiger partial charge >= 0.3 is 0 Å². The SMILES string of the molecule is N#CC(=C1N=c2cnc(C#N)nc2=N1)c1nc(C(C#N)=C2N=c3cnc(C#N)nc3=N2)nc(C(C#N)=C2N=c3cnc(C#N)nc3=N2)n1. The van der Waals surface area contributed by atoms with Gasteiger partial charge in [0.05, 0.1) is 18.6 Å². The van der Waals surface area contributed by atoms with Crippen LogP contribution in [0.5, 0.6) is 0 Å². The zero-order valence-corrected chi connectivity index (χ0v) is 23.1. The van der Waals surface area contributed by atoms with Crippen LogP contribution in [0.1, 0.15) is 34.9 Å². The molecule has 0 bridgehead atoms. The quantitative estimate of drug-likeness (QED) is 0.199. The van der Waals surface area contributed by atoms with Gasteiger partial charge in [-0.15, -0.1) is 0 Å². The van der Waals surface area contributed by atoms with Gasteiger partial charge in [-0.1, -0.05) is 0 Å². The van der Waals surface area contributed by atoms with Gasteiger partial charge in [0.15, 0.2) is 51.4 Å². The molecule has 4 aromatic heterocycles. The molecule has 21 heteroatoms. The molecular weight excluding hydrogens is 618 g/mol. The van der Waals surface area contributed by atoms with Crippen molar-refractivity contribution in [2.75, 3.05) is 0 Å². The second-order valence-corrected chi connectivity index (χ2v) is 8.95. The first-order chi connectivity index (χ1) is 23.4. The Bertz CT molecular complexity index is 2630. The van der Waals surface area contributed by atoms with E-state index in [9.17, 15) is 15.8 Å². The van der Waals surface area contributed by atoms with E-state index in [0.717, 1.165) is 0 Å². The fraction of sp³-hybridized carbons (Fsp3) is 0. The maximum Gasteiger partial charge on any atom is 0.234 e. The second kappa shape index (κ2) is 11.0. The van der Waals surface area contributed by atoms with Gasteiger partial charge in [0, 0.05) is 0 Å². The maximum absolute atomic E-state index is 10.2. The van der Waals surface area contributed by atoms with Gasteiger partial charge in [0.25, 0.3) is 0 Å². The maximum atomic E-state index is 10.2. The summed E-state index contributed by atoms with van der Waals surface area (Å²) in [5.41, 5.74) is -0.961. The van der Waals surface area contributed by atoms with Crippen molar-refractivity contribution >= 4 is 16.7 Å². The van der Waals surface area contributed by atoms with Crippen molar-refractivity contribution in [2.45, 2.75) is 0 Å². The highest BCUT2D eigenvalue weighted by molar-refractivity contribution is 5.82. The van der Waals surface area contributed by atoms with Crippen molar-refractivity contribution in [1.29, 1.82) is 31.6 Å². The summed E-state index contributed by atoms with van der Waals surface area (Å²) in [4.78, 5) is 61.8. The molecule has 0 fully saturated rings. The van der Waals surface area contributed by atoms with E-state index in [1.807, 2.05) is 18.2 Å². The molecule has 0 radical (unpaired) electrons. The van der Waals surface area contributed by atoms with E-state index in [1.54, 1.807) is 18.2 Å². The third-order valence-corrected chi connectivity index (χ3v) is 6.18. The fourth-order valence-electron chi connectivity index (χ4n) is 4.11. The number of allylic oxidation sites excluding steroid dienone is 3. The minimum Gasteiger partial charge on any atom is -0.225 e. The second-order valence-electron chi connectivity index (χ2n) is 8.95. The third-order valence-electron chi connectivity index (χ3n) is 6.18. The predicted molar refractivity (Wildman–Crippen MR) is 145 cm³/mol. The Morgan fingerprint density at radius 3 is 0.938 bits per heavy atom. The molecule has 48 heavy (non-hydrogen) atoms. The summed E-state index contributed by atoms with van der Waals surface area (Å²) in [5, 5.41) is 58.6. The highest BCUT2D eigenvalue weighted by Gasteiger charge is 2.25. The molecule has 4 aromatic rings. The molecule has 21 nitrogen and oxygen atoms in total. The number of hydrogen-bond donors (Lipinski definition) is 0. The molecule has 3 aliphatic rings. The Hall–Kier alpha value is -8.79. The first kappa shape index (κ1) is 28.0. The average molecular weight is 621 g/mol. The van der Waals surface area contributed by atoms with Crippen LogP contribution in [0, 0.1) is 68.0 Å². The molecule has 0 saturated carbocycles. The van der Waals surface area contributed by atoms with E-state index in [0.29, 0.717) is 0 Å². The minimum atomic E-state index is -0.382. The molecule has 0 spiro atoms. The number of fused-ring (bicyclic) bond motifs is 3. The summed E-state index contributed by atoms with van der Waals surface area (Å²) in [6.45, 7) is 0. The van der Waals surface area contributed by atoms with Crippen LogP contribution in [0.3, 0.4) is 0 Å². The van der Waals surface area contributed by atoms with Crippen LogP contribution in [0.2, 0.25) is 0 Å². The molecule has 0 saturated heterocycles. The smallest absolute Gasteiger partial charge is 0.225 e. The van der Waals surface area contributed by atoms with Crippen LogP contribution in [-0.2, 0) is 0 Å². The lowest BCUT2D eigenvalue weighted by Crippen LogP contribution is -2.27. The van der Waals surface area contributed by atoms with Crippen molar-refractivity contribution in [2.24, 2.45) is 30.0 Å². The van der Waals surface area contributed by atoms with Crippen LogP contribution < -0.4 is 32.5 Å². The minimum absolute atomic E-state index is 0.0109. The zero-order valence-electron chi connectivity index (χ0n) is 23.1. The van der Waals surface area contributed by atoms with Crippen molar-refractivity contribution in [3.05, 3.63) is 104 Å². The molecule has 0 aromatic carbocycles. The van der Waals surface area contributed by atoms with E-state index in [-0.39, 0.29) is 102 Å². The molecule has 216 valence electrons. The average Bonchev–Trinajstić information content (AvgIpc) is 3.84. The highest BCUT2D eigenvalue weighted by atomic mass is 15.1. The summed E-state index contributed by atoms with van der Waals surface area (Å²) in [5.74, 6) is -2.31. The Balaban J connectivity index is 1.49. The first-order valence-electron chi connectivity index (χ1n) is 12.8. The van der Waals surface area contributed by atoms with Crippen LogP contribution >= 0.6 is 0 Å². The topological polar surface area (TPSA) is 333 Å². The number of aromatic nitrogens is 9.